The maximum atomic E-state index is 12.4. The van der Waals surface area contributed by atoms with Gasteiger partial charge in [0.05, 0.1) is 24.8 Å². The Morgan fingerprint density at radius 2 is 2.20 bits per heavy atom. The molecule has 3 rings (SSSR count). The quantitative estimate of drug-likeness (QED) is 0.888. The number of benzene rings is 1. The van der Waals surface area contributed by atoms with Crippen LogP contribution >= 0.6 is 0 Å². The number of ether oxygens (including phenoxy) is 1. The van der Waals surface area contributed by atoms with Crippen molar-refractivity contribution in [2.24, 2.45) is 0 Å². The minimum absolute atomic E-state index is 0.0745. The lowest BCUT2D eigenvalue weighted by Gasteiger charge is -2.31. The Kier molecular flexibility index (Phi) is 3.62. The van der Waals surface area contributed by atoms with Crippen molar-refractivity contribution in [2.45, 2.75) is 6.10 Å². The standard InChI is InChI=1S/C15H16N2O3/c18-10-12-9-17(7-8-20-12)15(19)14-6-5-11-3-1-2-4-13(11)16-14/h1-6,12,18H,7-10H2. The summed E-state index contributed by atoms with van der Waals surface area (Å²) in [5, 5.41) is 10.1. The Morgan fingerprint density at radius 1 is 1.35 bits per heavy atom. The highest BCUT2D eigenvalue weighted by molar-refractivity contribution is 5.95. The number of aliphatic hydroxyl groups is 1. The third-order valence-corrected chi connectivity index (χ3v) is 3.45. The van der Waals surface area contributed by atoms with E-state index in [4.69, 9.17) is 9.84 Å². The van der Waals surface area contributed by atoms with Crippen LogP contribution in [0.3, 0.4) is 0 Å². The molecule has 104 valence electrons. The second kappa shape index (κ2) is 5.56. The zero-order valence-electron chi connectivity index (χ0n) is 11.0. The van der Waals surface area contributed by atoms with Crippen LogP contribution < -0.4 is 0 Å². The third-order valence-electron chi connectivity index (χ3n) is 3.45. The number of carbonyl (C=O) groups excluding carboxylic acids is 1. The van der Waals surface area contributed by atoms with Crippen molar-refractivity contribution in [3.05, 3.63) is 42.1 Å². The Balaban J connectivity index is 1.84. The molecule has 0 bridgehead atoms. The third kappa shape index (κ3) is 2.50. The van der Waals surface area contributed by atoms with Crippen LogP contribution in [-0.2, 0) is 4.74 Å². The van der Waals surface area contributed by atoms with Crippen LogP contribution in [0, 0.1) is 0 Å². The van der Waals surface area contributed by atoms with Crippen LogP contribution in [0.25, 0.3) is 10.9 Å². The SMILES string of the molecule is O=C(c1ccc2ccccc2n1)N1CCOC(CO)C1. The molecule has 20 heavy (non-hydrogen) atoms. The number of amides is 1. The van der Waals surface area contributed by atoms with Gasteiger partial charge in [0.1, 0.15) is 5.69 Å². The van der Waals surface area contributed by atoms with Crippen molar-refractivity contribution >= 4 is 16.8 Å². The van der Waals surface area contributed by atoms with Gasteiger partial charge >= 0.3 is 0 Å². The second-order valence-corrected chi connectivity index (χ2v) is 4.82. The summed E-state index contributed by atoms with van der Waals surface area (Å²) < 4.78 is 5.35. The number of aromatic nitrogens is 1. The molecule has 1 fully saturated rings. The molecule has 1 unspecified atom stereocenters. The van der Waals surface area contributed by atoms with Crippen LogP contribution in [0.2, 0.25) is 0 Å². The van der Waals surface area contributed by atoms with Gasteiger partial charge in [0.25, 0.3) is 5.91 Å². The number of carbonyl (C=O) groups is 1. The van der Waals surface area contributed by atoms with Gasteiger partial charge in [-0.25, -0.2) is 4.98 Å². The first kappa shape index (κ1) is 13.0. The maximum Gasteiger partial charge on any atom is 0.272 e. The topological polar surface area (TPSA) is 62.7 Å². The second-order valence-electron chi connectivity index (χ2n) is 4.82. The summed E-state index contributed by atoms with van der Waals surface area (Å²) in [6.07, 6.45) is -0.298. The largest absolute Gasteiger partial charge is 0.394 e. The summed E-state index contributed by atoms with van der Waals surface area (Å²) in [5.74, 6) is -0.113. The summed E-state index contributed by atoms with van der Waals surface area (Å²) >= 11 is 0. The number of para-hydroxylation sites is 1. The first-order valence-electron chi connectivity index (χ1n) is 6.65. The molecule has 0 spiro atoms. The molecule has 1 amide bonds. The van der Waals surface area contributed by atoms with Gasteiger partial charge in [-0.3, -0.25) is 4.79 Å². The van der Waals surface area contributed by atoms with Gasteiger partial charge in [-0.05, 0) is 12.1 Å². The summed E-state index contributed by atoms with van der Waals surface area (Å²) in [6.45, 7) is 1.31. The number of nitrogens with zero attached hydrogens (tertiary/aromatic N) is 2. The monoisotopic (exact) mass is 272 g/mol. The molecule has 1 aromatic carbocycles. The average Bonchev–Trinajstić information content (AvgIpc) is 2.53. The number of hydrogen-bond donors (Lipinski definition) is 1. The molecular weight excluding hydrogens is 256 g/mol. The molecule has 1 aliphatic rings. The van der Waals surface area contributed by atoms with E-state index in [0.717, 1.165) is 10.9 Å². The van der Waals surface area contributed by atoms with E-state index in [9.17, 15) is 4.79 Å². The van der Waals surface area contributed by atoms with E-state index in [2.05, 4.69) is 4.98 Å². The summed E-state index contributed by atoms with van der Waals surface area (Å²) in [5.41, 5.74) is 1.24. The number of fused-ring (bicyclic) bond motifs is 1. The predicted molar refractivity (Wildman–Crippen MR) is 74.5 cm³/mol. The fourth-order valence-corrected chi connectivity index (χ4v) is 2.36. The number of pyridine rings is 1. The van der Waals surface area contributed by atoms with Crippen molar-refractivity contribution in [1.29, 1.82) is 0 Å². The Labute approximate surface area is 116 Å². The Hall–Kier alpha value is -1.98. The minimum Gasteiger partial charge on any atom is -0.394 e. The van der Waals surface area contributed by atoms with Crippen molar-refractivity contribution in [3.63, 3.8) is 0 Å². The van der Waals surface area contributed by atoms with Crippen molar-refractivity contribution in [3.8, 4) is 0 Å². The molecule has 2 heterocycles. The fraction of sp³-hybridized carbons (Fsp3) is 0.333. The number of hydrogen-bond acceptors (Lipinski definition) is 4. The lowest BCUT2D eigenvalue weighted by Crippen LogP contribution is -2.47. The van der Waals surface area contributed by atoms with Crippen molar-refractivity contribution in [1.82, 2.24) is 9.88 Å². The smallest absolute Gasteiger partial charge is 0.272 e. The molecular formula is C15H16N2O3. The normalized spacial score (nSPS) is 19.2. The van der Waals surface area contributed by atoms with Crippen LogP contribution in [0.1, 0.15) is 10.5 Å². The van der Waals surface area contributed by atoms with Gasteiger partial charge in [0, 0.05) is 18.5 Å². The molecule has 1 aromatic heterocycles. The molecule has 5 nitrogen and oxygen atoms in total. The lowest BCUT2D eigenvalue weighted by atomic mass is 10.2. The average molecular weight is 272 g/mol. The summed E-state index contributed by atoms with van der Waals surface area (Å²) in [7, 11) is 0. The van der Waals surface area contributed by atoms with Crippen LogP contribution in [0.4, 0.5) is 0 Å². The van der Waals surface area contributed by atoms with Crippen LogP contribution in [0.15, 0.2) is 36.4 Å². The highest BCUT2D eigenvalue weighted by Crippen LogP contribution is 2.14. The zero-order valence-corrected chi connectivity index (χ0v) is 11.0. The van der Waals surface area contributed by atoms with Gasteiger partial charge in [-0.1, -0.05) is 24.3 Å². The molecule has 1 aliphatic heterocycles. The van der Waals surface area contributed by atoms with E-state index >= 15 is 0 Å². The van der Waals surface area contributed by atoms with Crippen molar-refractivity contribution < 1.29 is 14.6 Å². The van der Waals surface area contributed by atoms with E-state index in [-0.39, 0.29) is 18.6 Å². The summed E-state index contributed by atoms with van der Waals surface area (Å²) in [4.78, 5) is 18.5. The van der Waals surface area contributed by atoms with E-state index in [0.29, 0.717) is 25.4 Å². The molecule has 1 saturated heterocycles. The molecule has 1 atom stereocenters. The lowest BCUT2D eigenvalue weighted by molar-refractivity contribution is -0.0448. The van der Waals surface area contributed by atoms with E-state index in [1.54, 1.807) is 11.0 Å². The highest BCUT2D eigenvalue weighted by atomic mass is 16.5. The molecule has 1 N–H and O–H groups in total. The minimum atomic E-state index is -0.298. The highest BCUT2D eigenvalue weighted by Gasteiger charge is 2.25. The molecule has 0 saturated carbocycles. The first-order valence-corrected chi connectivity index (χ1v) is 6.65. The van der Waals surface area contributed by atoms with Gasteiger partial charge in [-0.15, -0.1) is 0 Å². The molecule has 0 radical (unpaired) electrons. The molecule has 0 aliphatic carbocycles. The summed E-state index contributed by atoms with van der Waals surface area (Å²) in [6, 6.07) is 11.3. The number of morpholine rings is 1. The van der Waals surface area contributed by atoms with Gasteiger partial charge in [0.15, 0.2) is 0 Å². The Bertz CT molecular complexity index is 629. The van der Waals surface area contributed by atoms with Crippen LogP contribution in [0.5, 0.6) is 0 Å². The van der Waals surface area contributed by atoms with Gasteiger partial charge in [0.2, 0.25) is 0 Å². The van der Waals surface area contributed by atoms with Crippen LogP contribution in [-0.4, -0.2) is 53.3 Å². The maximum absolute atomic E-state index is 12.4. The van der Waals surface area contributed by atoms with E-state index < -0.39 is 0 Å². The Morgan fingerprint density at radius 3 is 3.05 bits per heavy atom. The molecule has 5 heteroatoms. The number of rotatable bonds is 2. The predicted octanol–water partition coefficient (Wildman–Crippen LogP) is 1.07. The van der Waals surface area contributed by atoms with Gasteiger partial charge in [-0.2, -0.15) is 0 Å². The van der Waals surface area contributed by atoms with E-state index in [1.165, 1.54) is 0 Å². The first-order chi connectivity index (χ1) is 9.78. The van der Waals surface area contributed by atoms with Crippen molar-refractivity contribution in [2.75, 3.05) is 26.3 Å². The van der Waals surface area contributed by atoms with Gasteiger partial charge < -0.3 is 14.7 Å². The zero-order chi connectivity index (χ0) is 13.9. The number of aliphatic hydroxyl groups excluding tert-OH is 1. The fourth-order valence-electron chi connectivity index (χ4n) is 2.36. The molecule has 2 aromatic rings. The van der Waals surface area contributed by atoms with E-state index in [1.807, 2.05) is 30.3 Å².